The van der Waals surface area contributed by atoms with E-state index in [-0.39, 0.29) is 12.3 Å². The van der Waals surface area contributed by atoms with Gasteiger partial charge in [0.25, 0.3) is 5.91 Å². The molecule has 0 radical (unpaired) electrons. The average molecular weight is 330 g/mol. The minimum atomic E-state index is -0.808. The number of pyridine rings is 1. The zero-order valence-corrected chi connectivity index (χ0v) is 14.0. The number of rotatable bonds is 7. The van der Waals surface area contributed by atoms with Crippen molar-refractivity contribution in [3.8, 4) is 0 Å². The van der Waals surface area contributed by atoms with Crippen molar-refractivity contribution in [2.75, 3.05) is 6.54 Å². The van der Waals surface area contributed by atoms with E-state index in [9.17, 15) is 9.59 Å². The predicted octanol–water partition coefficient (Wildman–Crippen LogP) is 2.14. The van der Waals surface area contributed by atoms with E-state index < -0.39 is 5.97 Å². The van der Waals surface area contributed by atoms with Gasteiger partial charge in [-0.3, -0.25) is 14.3 Å². The first-order chi connectivity index (χ1) is 11.5. The third-order valence-electron chi connectivity index (χ3n) is 4.33. The number of carbonyl (C=O) groups excluding carboxylic acids is 1. The lowest BCUT2D eigenvalue weighted by Gasteiger charge is -2.08. The molecule has 1 aliphatic rings. The molecule has 2 N–H and O–H groups in total. The molecule has 0 unspecified atom stereocenters. The number of nitrogens with one attached hydrogen (secondary N) is 1. The fourth-order valence-corrected chi connectivity index (χ4v) is 2.93. The van der Waals surface area contributed by atoms with Gasteiger partial charge in [0.1, 0.15) is 0 Å². The van der Waals surface area contributed by atoms with E-state index in [0.29, 0.717) is 30.9 Å². The van der Waals surface area contributed by atoms with Crippen LogP contribution in [0.5, 0.6) is 0 Å². The number of aliphatic carboxylic acids is 1. The van der Waals surface area contributed by atoms with Crippen molar-refractivity contribution in [1.82, 2.24) is 20.1 Å². The zero-order chi connectivity index (χ0) is 17.3. The Balaban J connectivity index is 1.79. The third-order valence-corrected chi connectivity index (χ3v) is 4.33. The van der Waals surface area contributed by atoms with Gasteiger partial charge in [-0.15, -0.1) is 0 Å². The number of unbranched alkanes of at least 4 members (excludes halogenated alkanes) is 1. The number of fused-ring (bicyclic) bond motifs is 1. The van der Waals surface area contributed by atoms with Gasteiger partial charge in [0.15, 0.2) is 5.65 Å². The third kappa shape index (κ3) is 3.39. The van der Waals surface area contributed by atoms with Gasteiger partial charge in [0.05, 0.1) is 16.6 Å². The summed E-state index contributed by atoms with van der Waals surface area (Å²) in [7, 11) is 1.84. The second-order valence-corrected chi connectivity index (χ2v) is 6.38. The lowest BCUT2D eigenvalue weighted by Crippen LogP contribution is -2.25. The number of carboxylic acids is 1. The summed E-state index contributed by atoms with van der Waals surface area (Å²) in [5, 5.41) is 16.7. The maximum Gasteiger partial charge on any atom is 0.303 e. The van der Waals surface area contributed by atoms with E-state index in [1.165, 1.54) is 0 Å². The molecule has 2 aromatic rings. The molecule has 0 spiro atoms. The van der Waals surface area contributed by atoms with Crippen LogP contribution in [0.3, 0.4) is 0 Å². The lowest BCUT2D eigenvalue weighted by atomic mass is 10.1. The smallest absolute Gasteiger partial charge is 0.303 e. The minimum Gasteiger partial charge on any atom is -0.481 e. The normalized spacial score (nSPS) is 14.1. The van der Waals surface area contributed by atoms with E-state index in [1.807, 2.05) is 20.0 Å². The van der Waals surface area contributed by atoms with Crippen molar-refractivity contribution in [2.45, 2.75) is 44.9 Å². The van der Waals surface area contributed by atoms with Crippen LogP contribution in [0.4, 0.5) is 0 Å². The van der Waals surface area contributed by atoms with Gasteiger partial charge in [-0.1, -0.05) is 0 Å². The Morgan fingerprint density at radius 3 is 2.79 bits per heavy atom. The monoisotopic (exact) mass is 330 g/mol. The fourth-order valence-electron chi connectivity index (χ4n) is 2.93. The molecule has 2 aromatic heterocycles. The van der Waals surface area contributed by atoms with Crippen molar-refractivity contribution < 1.29 is 14.7 Å². The van der Waals surface area contributed by atoms with Crippen LogP contribution in [0.2, 0.25) is 0 Å². The summed E-state index contributed by atoms with van der Waals surface area (Å²) in [6.45, 7) is 2.35. The predicted molar refractivity (Wildman–Crippen MR) is 89.0 cm³/mol. The van der Waals surface area contributed by atoms with Gasteiger partial charge in [0.2, 0.25) is 0 Å². The molecule has 0 aromatic carbocycles. The van der Waals surface area contributed by atoms with E-state index >= 15 is 0 Å². The molecule has 1 amide bonds. The molecule has 0 aliphatic heterocycles. The van der Waals surface area contributed by atoms with Crippen LogP contribution < -0.4 is 5.32 Å². The number of hydrogen-bond acceptors (Lipinski definition) is 4. The summed E-state index contributed by atoms with van der Waals surface area (Å²) >= 11 is 0. The number of aryl methyl sites for hydroxylation is 2. The second kappa shape index (κ2) is 6.59. The lowest BCUT2D eigenvalue weighted by molar-refractivity contribution is -0.137. The van der Waals surface area contributed by atoms with E-state index in [4.69, 9.17) is 5.11 Å². The number of amides is 1. The van der Waals surface area contributed by atoms with Gasteiger partial charge in [0, 0.05) is 31.6 Å². The van der Waals surface area contributed by atoms with Crippen molar-refractivity contribution in [3.63, 3.8) is 0 Å². The Kier molecular flexibility index (Phi) is 4.51. The van der Waals surface area contributed by atoms with Crippen LogP contribution in [-0.4, -0.2) is 38.3 Å². The molecule has 0 atom stereocenters. The van der Waals surface area contributed by atoms with E-state index in [0.717, 1.165) is 35.3 Å². The fraction of sp³-hybridized carbons (Fsp3) is 0.529. The van der Waals surface area contributed by atoms with Crippen LogP contribution >= 0.6 is 0 Å². The number of nitrogens with zero attached hydrogens (tertiary/aromatic N) is 3. The molecule has 24 heavy (non-hydrogen) atoms. The van der Waals surface area contributed by atoms with Crippen LogP contribution in [0.15, 0.2) is 6.07 Å². The molecule has 1 saturated carbocycles. The van der Waals surface area contributed by atoms with Crippen LogP contribution in [0.25, 0.3) is 11.0 Å². The highest BCUT2D eigenvalue weighted by molar-refractivity contribution is 6.06. The van der Waals surface area contributed by atoms with Gasteiger partial charge in [-0.2, -0.15) is 5.10 Å². The van der Waals surface area contributed by atoms with Crippen molar-refractivity contribution >= 4 is 22.9 Å². The molecule has 0 saturated heterocycles. The summed E-state index contributed by atoms with van der Waals surface area (Å²) in [6.07, 6.45) is 3.56. The maximum atomic E-state index is 12.6. The van der Waals surface area contributed by atoms with Crippen LogP contribution in [0, 0.1) is 6.92 Å². The Hall–Kier alpha value is -2.44. The largest absolute Gasteiger partial charge is 0.481 e. The Labute approximate surface area is 140 Å². The highest BCUT2D eigenvalue weighted by Gasteiger charge is 2.28. The first-order valence-electron chi connectivity index (χ1n) is 8.31. The van der Waals surface area contributed by atoms with Crippen molar-refractivity contribution in [1.29, 1.82) is 0 Å². The number of aromatic nitrogens is 3. The Morgan fingerprint density at radius 2 is 2.12 bits per heavy atom. The number of hydrogen-bond donors (Lipinski definition) is 2. The molecule has 128 valence electrons. The summed E-state index contributed by atoms with van der Waals surface area (Å²) in [4.78, 5) is 27.8. The topological polar surface area (TPSA) is 97.1 Å². The van der Waals surface area contributed by atoms with E-state index in [1.54, 1.807) is 4.68 Å². The average Bonchev–Trinajstić information content (AvgIpc) is 3.33. The number of carbonyl (C=O) groups is 2. The standard InChI is InChI=1S/C17H22N4O3/c1-10-15-12(17(24)18-8-4-3-5-14(22)23)9-13(11-6-7-11)19-16(15)21(2)20-10/h9,11H,3-8H2,1-2H3,(H,18,24)(H,22,23). The Bertz CT molecular complexity index is 793. The molecular weight excluding hydrogens is 308 g/mol. The molecule has 7 nitrogen and oxygen atoms in total. The van der Waals surface area contributed by atoms with Crippen molar-refractivity contribution in [3.05, 3.63) is 23.0 Å². The quantitative estimate of drug-likeness (QED) is 0.758. The summed E-state index contributed by atoms with van der Waals surface area (Å²) in [6, 6.07) is 1.89. The molecule has 2 heterocycles. The van der Waals surface area contributed by atoms with E-state index in [2.05, 4.69) is 15.4 Å². The highest BCUT2D eigenvalue weighted by Crippen LogP contribution is 2.40. The maximum absolute atomic E-state index is 12.6. The van der Waals surface area contributed by atoms with Gasteiger partial charge < -0.3 is 10.4 Å². The van der Waals surface area contributed by atoms with Crippen molar-refractivity contribution in [2.24, 2.45) is 7.05 Å². The molecule has 3 rings (SSSR count). The highest BCUT2D eigenvalue weighted by atomic mass is 16.4. The molecule has 1 fully saturated rings. The van der Waals surface area contributed by atoms with Gasteiger partial charge in [-0.25, -0.2) is 4.98 Å². The summed E-state index contributed by atoms with van der Waals surface area (Å²) in [5.41, 5.74) is 3.11. The summed E-state index contributed by atoms with van der Waals surface area (Å²) < 4.78 is 1.72. The second-order valence-electron chi connectivity index (χ2n) is 6.38. The Morgan fingerprint density at radius 1 is 1.38 bits per heavy atom. The SMILES string of the molecule is Cc1nn(C)c2nc(C3CC3)cc(C(=O)NCCCCC(=O)O)c12. The number of carboxylic acid groups (broad SMARTS) is 1. The molecular formula is C17H22N4O3. The molecule has 0 bridgehead atoms. The molecule has 7 heteroatoms. The first-order valence-corrected chi connectivity index (χ1v) is 8.31. The van der Waals surface area contributed by atoms with Gasteiger partial charge >= 0.3 is 5.97 Å². The van der Waals surface area contributed by atoms with Crippen LogP contribution in [0.1, 0.15) is 59.8 Å². The summed E-state index contributed by atoms with van der Waals surface area (Å²) in [5.74, 6) is -0.500. The first kappa shape index (κ1) is 16.4. The molecule has 1 aliphatic carbocycles. The van der Waals surface area contributed by atoms with Gasteiger partial charge in [-0.05, 0) is 38.7 Å². The zero-order valence-electron chi connectivity index (χ0n) is 14.0. The minimum absolute atomic E-state index is 0.128. The van der Waals surface area contributed by atoms with Crippen LogP contribution in [-0.2, 0) is 11.8 Å².